The van der Waals surface area contributed by atoms with E-state index in [1.165, 1.54) is 37.0 Å². The maximum atomic E-state index is 4.55. The molecular formula is C16H23N3S. The molecule has 0 spiro atoms. The van der Waals surface area contributed by atoms with Crippen molar-refractivity contribution in [2.75, 3.05) is 5.32 Å². The van der Waals surface area contributed by atoms with E-state index in [2.05, 4.69) is 45.5 Å². The standard InChI is InChI=1S/C16H23N3S/c1-2-14(15-9-6-12-20-15)19-11-10-17-16(19)18-13-7-4-3-5-8-13/h6,9-14H,2-5,7-8H2,1H3,(H,17,18). The Morgan fingerprint density at radius 2 is 2.25 bits per heavy atom. The first kappa shape index (κ1) is 13.7. The van der Waals surface area contributed by atoms with E-state index in [1.807, 2.05) is 17.5 Å². The Hall–Kier alpha value is -1.29. The first-order valence-electron chi connectivity index (χ1n) is 7.71. The number of anilines is 1. The molecule has 0 aromatic carbocycles. The topological polar surface area (TPSA) is 29.9 Å². The molecule has 1 fully saturated rings. The molecule has 3 nitrogen and oxygen atoms in total. The molecule has 1 saturated carbocycles. The molecule has 2 heterocycles. The van der Waals surface area contributed by atoms with Gasteiger partial charge in [0.2, 0.25) is 5.95 Å². The van der Waals surface area contributed by atoms with E-state index < -0.39 is 0 Å². The molecule has 108 valence electrons. The molecule has 1 atom stereocenters. The zero-order valence-electron chi connectivity index (χ0n) is 12.1. The van der Waals surface area contributed by atoms with Crippen LogP contribution in [0.5, 0.6) is 0 Å². The monoisotopic (exact) mass is 289 g/mol. The molecular weight excluding hydrogens is 266 g/mol. The molecule has 2 aromatic rings. The van der Waals surface area contributed by atoms with E-state index in [1.54, 1.807) is 0 Å². The summed E-state index contributed by atoms with van der Waals surface area (Å²) in [5.74, 6) is 1.04. The van der Waals surface area contributed by atoms with Gasteiger partial charge in [-0.3, -0.25) is 0 Å². The zero-order chi connectivity index (χ0) is 13.8. The molecule has 20 heavy (non-hydrogen) atoms. The summed E-state index contributed by atoms with van der Waals surface area (Å²) in [6.07, 6.45) is 11.8. The second kappa shape index (κ2) is 6.44. The summed E-state index contributed by atoms with van der Waals surface area (Å²) >= 11 is 1.83. The molecule has 0 saturated heterocycles. The lowest BCUT2D eigenvalue weighted by atomic mass is 9.96. The lowest BCUT2D eigenvalue weighted by Crippen LogP contribution is -2.25. The maximum absolute atomic E-state index is 4.55. The summed E-state index contributed by atoms with van der Waals surface area (Å²) < 4.78 is 2.31. The van der Waals surface area contributed by atoms with Crippen LogP contribution in [-0.2, 0) is 0 Å². The molecule has 0 aliphatic heterocycles. The summed E-state index contributed by atoms with van der Waals surface area (Å²) in [6, 6.07) is 5.37. The predicted octanol–water partition coefficient (Wildman–Crippen LogP) is 4.69. The van der Waals surface area contributed by atoms with Crippen molar-refractivity contribution in [1.29, 1.82) is 0 Å². The van der Waals surface area contributed by atoms with Crippen molar-refractivity contribution < 1.29 is 0 Å². The third kappa shape index (κ3) is 2.90. The number of nitrogens with one attached hydrogen (secondary N) is 1. The van der Waals surface area contributed by atoms with Gasteiger partial charge in [-0.05, 0) is 30.7 Å². The zero-order valence-corrected chi connectivity index (χ0v) is 12.9. The van der Waals surface area contributed by atoms with Crippen molar-refractivity contribution in [2.24, 2.45) is 0 Å². The average Bonchev–Trinajstić information content (AvgIpc) is 3.14. The Balaban J connectivity index is 1.78. The largest absolute Gasteiger partial charge is 0.353 e. The Bertz CT molecular complexity index is 512. The molecule has 4 heteroatoms. The van der Waals surface area contributed by atoms with Gasteiger partial charge in [0.1, 0.15) is 0 Å². The van der Waals surface area contributed by atoms with Gasteiger partial charge in [0.15, 0.2) is 0 Å². The second-order valence-electron chi connectivity index (χ2n) is 5.58. The predicted molar refractivity (Wildman–Crippen MR) is 85.5 cm³/mol. The first-order valence-corrected chi connectivity index (χ1v) is 8.59. The van der Waals surface area contributed by atoms with Gasteiger partial charge in [0.05, 0.1) is 6.04 Å². The lowest BCUT2D eigenvalue weighted by molar-refractivity contribution is 0.456. The van der Waals surface area contributed by atoms with Crippen LogP contribution in [0.2, 0.25) is 0 Å². The minimum absolute atomic E-state index is 0.406. The SMILES string of the molecule is CCC(c1cccs1)n1ccnc1NC1CCCCC1. The Morgan fingerprint density at radius 3 is 2.95 bits per heavy atom. The lowest BCUT2D eigenvalue weighted by Gasteiger charge is -2.25. The van der Waals surface area contributed by atoms with Gasteiger partial charge in [0.25, 0.3) is 0 Å². The molecule has 2 aromatic heterocycles. The fourth-order valence-electron chi connectivity index (χ4n) is 3.12. The van der Waals surface area contributed by atoms with Crippen LogP contribution in [0.1, 0.15) is 56.4 Å². The second-order valence-corrected chi connectivity index (χ2v) is 6.56. The summed E-state index contributed by atoms with van der Waals surface area (Å²) in [6.45, 7) is 2.24. The van der Waals surface area contributed by atoms with Crippen LogP contribution in [0.3, 0.4) is 0 Å². The molecule has 1 unspecified atom stereocenters. The highest BCUT2D eigenvalue weighted by molar-refractivity contribution is 7.10. The number of thiophene rings is 1. The number of nitrogens with zero attached hydrogens (tertiary/aromatic N) is 2. The van der Waals surface area contributed by atoms with Gasteiger partial charge in [-0.1, -0.05) is 32.3 Å². The molecule has 1 aliphatic rings. The van der Waals surface area contributed by atoms with E-state index in [0.717, 1.165) is 12.4 Å². The van der Waals surface area contributed by atoms with Crippen molar-refractivity contribution >= 4 is 17.3 Å². The van der Waals surface area contributed by atoms with Crippen LogP contribution in [0.15, 0.2) is 29.9 Å². The molecule has 0 radical (unpaired) electrons. The van der Waals surface area contributed by atoms with Gasteiger partial charge in [0, 0.05) is 23.3 Å². The van der Waals surface area contributed by atoms with E-state index in [0.29, 0.717) is 12.1 Å². The van der Waals surface area contributed by atoms with E-state index in [9.17, 15) is 0 Å². The van der Waals surface area contributed by atoms with Gasteiger partial charge in [-0.25, -0.2) is 4.98 Å². The number of aromatic nitrogens is 2. The van der Waals surface area contributed by atoms with Crippen molar-refractivity contribution in [3.63, 3.8) is 0 Å². The van der Waals surface area contributed by atoms with Crippen LogP contribution in [-0.4, -0.2) is 15.6 Å². The summed E-state index contributed by atoms with van der Waals surface area (Å²) in [4.78, 5) is 5.96. The van der Waals surface area contributed by atoms with Gasteiger partial charge in [-0.2, -0.15) is 0 Å². The van der Waals surface area contributed by atoms with Gasteiger partial charge in [-0.15, -0.1) is 11.3 Å². The van der Waals surface area contributed by atoms with Crippen LogP contribution < -0.4 is 5.32 Å². The van der Waals surface area contributed by atoms with Crippen LogP contribution in [0, 0.1) is 0 Å². The average molecular weight is 289 g/mol. The Morgan fingerprint density at radius 1 is 1.40 bits per heavy atom. The number of hydrogen-bond acceptors (Lipinski definition) is 3. The smallest absolute Gasteiger partial charge is 0.203 e. The molecule has 0 bridgehead atoms. The fourth-order valence-corrected chi connectivity index (χ4v) is 4.03. The first-order chi connectivity index (χ1) is 9.88. The molecule has 1 N–H and O–H groups in total. The fraction of sp³-hybridized carbons (Fsp3) is 0.562. The minimum Gasteiger partial charge on any atom is -0.353 e. The third-order valence-corrected chi connectivity index (χ3v) is 5.17. The normalized spacial score (nSPS) is 18.1. The van der Waals surface area contributed by atoms with E-state index in [4.69, 9.17) is 0 Å². The quantitative estimate of drug-likeness (QED) is 0.865. The third-order valence-electron chi connectivity index (χ3n) is 4.20. The van der Waals surface area contributed by atoms with Crippen molar-refractivity contribution in [3.8, 4) is 0 Å². The summed E-state index contributed by atoms with van der Waals surface area (Å²) in [5.41, 5.74) is 0. The van der Waals surface area contributed by atoms with Crippen molar-refractivity contribution in [3.05, 3.63) is 34.8 Å². The summed E-state index contributed by atoms with van der Waals surface area (Å²) in [7, 11) is 0. The van der Waals surface area contributed by atoms with Crippen molar-refractivity contribution in [1.82, 2.24) is 9.55 Å². The highest BCUT2D eigenvalue weighted by atomic mass is 32.1. The highest BCUT2D eigenvalue weighted by Crippen LogP contribution is 2.29. The number of rotatable bonds is 5. The number of imidazole rings is 1. The highest BCUT2D eigenvalue weighted by Gasteiger charge is 2.19. The molecule has 0 amide bonds. The minimum atomic E-state index is 0.406. The van der Waals surface area contributed by atoms with Gasteiger partial charge >= 0.3 is 0 Å². The van der Waals surface area contributed by atoms with Gasteiger partial charge < -0.3 is 9.88 Å². The maximum Gasteiger partial charge on any atom is 0.203 e. The summed E-state index contributed by atoms with van der Waals surface area (Å²) in [5, 5.41) is 5.82. The molecule has 1 aliphatic carbocycles. The van der Waals surface area contributed by atoms with Crippen LogP contribution in [0.4, 0.5) is 5.95 Å². The van der Waals surface area contributed by atoms with Crippen LogP contribution in [0.25, 0.3) is 0 Å². The molecule has 3 rings (SSSR count). The van der Waals surface area contributed by atoms with E-state index >= 15 is 0 Å². The number of hydrogen-bond donors (Lipinski definition) is 1. The van der Waals surface area contributed by atoms with Crippen molar-refractivity contribution in [2.45, 2.75) is 57.5 Å². The van der Waals surface area contributed by atoms with Crippen LogP contribution >= 0.6 is 11.3 Å². The Labute approximate surface area is 125 Å². The van der Waals surface area contributed by atoms with E-state index in [-0.39, 0.29) is 0 Å². The Kier molecular flexibility index (Phi) is 4.41.